The molecule has 0 aliphatic heterocycles. The second-order valence-electron chi connectivity index (χ2n) is 7.10. The van der Waals surface area contributed by atoms with Gasteiger partial charge in [0.2, 0.25) is 0 Å². The number of hydrogen-bond acceptors (Lipinski definition) is 7. The summed E-state index contributed by atoms with van der Waals surface area (Å²) in [5.41, 5.74) is 8.27. The van der Waals surface area contributed by atoms with E-state index in [1.807, 2.05) is 34.9 Å². The lowest BCUT2D eigenvalue weighted by Gasteiger charge is -2.17. The Hall–Kier alpha value is -3.00. The molecule has 4 rings (SSSR count). The third kappa shape index (κ3) is 3.55. The third-order valence-electron chi connectivity index (χ3n) is 5.40. The summed E-state index contributed by atoms with van der Waals surface area (Å²) in [6, 6.07) is 10.1. The van der Waals surface area contributed by atoms with E-state index in [4.69, 9.17) is 15.2 Å². The highest BCUT2D eigenvalue weighted by molar-refractivity contribution is 5.81. The lowest BCUT2D eigenvalue weighted by atomic mass is 9.97. The van der Waals surface area contributed by atoms with Crippen molar-refractivity contribution >= 4 is 23.0 Å². The SMILES string of the molecule is COC(=O)[C@@H]1C[C@H](n2cnc3c(N)ncnc32)C[C@H]1COCc1ccccc1. The summed E-state index contributed by atoms with van der Waals surface area (Å²) >= 11 is 0. The first-order chi connectivity index (χ1) is 13.7. The van der Waals surface area contributed by atoms with Gasteiger partial charge in [-0.1, -0.05) is 30.3 Å². The number of hydrogen-bond donors (Lipinski definition) is 1. The van der Waals surface area contributed by atoms with Crippen molar-refractivity contribution in [2.75, 3.05) is 19.5 Å². The quantitative estimate of drug-likeness (QED) is 0.654. The second kappa shape index (κ2) is 7.93. The Morgan fingerprint density at radius 1 is 1.21 bits per heavy atom. The van der Waals surface area contributed by atoms with Crippen LogP contribution in [0.25, 0.3) is 11.2 Å². The minimum atomic E-state index is -0.220. The van der Waals surface area contributed by atoms with Gasteiger partial charge in [0.1, 0.15) is 11.8 Å². The number of esters is 1. The van der Waals surface area contributed by atoms with Crippen molar-refractivity contribution in [3.8, 4) is 0 Å². The highest BCUT2D eigenvalue weighted by Gasteiger charge is 2.40. The molecular weight excluding hydrogens is 358 g/mol. The van der Waals surface area contributed by atoms with Crippen LogP contribution in [0.4, 0.5) is 5.82 Å². The zero-order valence-electron chi connectivity index (χ0n) is 15.7. The van der Waals surface area contributed by atoms with Crippen LogP contribution < -0.4 is 5.73 Å². The molecule has 0 saturated heterocycles. The van der Waals surface area contributed by atoms with Gasteiger partial charge in [0.15, 0.2) is 11.5 Å². The number of carbonyl (C=O) groups excluding carboxylic acids is 1. The number of imidazole rings is 1. The van der Waals surface area contributed by atoms with Gasteiger partial charge >= 0.3 is 5.97 Å². The molecule has 1 saturated carbocycles. The van der Waals surface area contributed by atoms with E-state index < -0.39 is 0 Å². The first-order valence-corrected chi connectivity index (χ1v) is 9.30. The number of aromatic nitrogens is 4. The Balaban J connectivity index is 1.49. The van der Waals surface area contributed by atoms with E-state index in [2.05, 4.69) is 15.0 Å². The van der Waals surface area contributed by atoms with E-state index in [0.717, 1.165) is 12.0 Å². The summed E-state index contributed by atoms with van der Waals surface area (Å²) in [6.45, 7) is 1.02. The number of nitrogen functional groups attached to an aromatic ring is 1. The average Bonchev–Trinajstić information content (AvgIpc) is 3.33. The van der Waals surface area contributed by atoms with Gasteiger partial charge in [-0.3, -0.25) is 4.79 Å². The zero-order chi connectivity index (χ0) is 19.5. The topological polar surface area (TPSA) is 105 Å². The fourth-order valence-electron chi connectivity index (χ4n) is 3.99. The lowest BCUT2D eigenvalue weighted by molar-refractivity contribution is -0.147. The van der Waals surface area contributed by atoms with E-state index in [0.29, 0.717) is 36.6 Å². The number of nitrogens with two attached hydrogens (primary N) is 1. The Morgan fingerprint density at radius 3 is 2.82 bits per heavy atom. The summed E-state index contributed by atoms with van der Waals surface area (Å²) in [7, 11) is 1.43. The smallest absolute Gasteiger partial charge is 0.309 e. The zero-order valence-corrected chi connectivity index (χ0v) is 15.7. The molecule has 0 unspecified atom stereocenters. The van der Waals surface area contributed by atoms with Crippen LogP contribution >= 0.6 is 0 Å². The van der Waals surface area contributed by atoms with Crippen LogP contribution in [0.2, 0.25) is 0 Å². The molecule has 0 amide bonds. The van der Waals surface area contributed by atoms with Crippen LogP contribution in [0, 0.1) is 11.8 Å². The first-order valence-electron chi connectivity index (χ1n) is 9.30. The molecule has 3 aromatic rings. The van der Waals surface area contributed by atoms with Crippen molar-refractivity contribution in [1.82, 2.24) is 19.5 Å². The molecule has 1 aliphatic rings. The Kier molecular flexibility index (Phi) is 5.21. The van der Waals surface area contributed by atoms with E-state index in [1.165, 1.54) is 13.4 Å². The first kappa shape index (κ1) is 18.4. The fourth-order valence-corrected chi connectivity index (χ4v) is 3.99. The molecule has 146 valence electrons. The fraction of sp³-hybridized carbons (Fsp3) is 0.400. The molecule has 1 aliphatic carbocycles. The molecule has 8 nitrogen and oxygen atoms in total. The maximum absolute atomic E-state index is 12.3. The molecule has 0 bridgehead atoms. The van der Waals surface area contributed by atoms with Crippen molar-refractivity contribution in [2.24, 2.45) is 11.8 Å². The Bertz CT molecular complexity index is 959. The van der Waals surface area contributed by atoms with Gasteiger partial charge in [-0.2, -0.15) is 0 Å². The van der Waals surface area contributed by atoms with E-state index in [1.54, 1.807) is 6.33 Å². The molecule has 1 aromatic carbocycles. The molecule has 2 N–H and O–H groups in total. The monoisotopic (exact) mass is 381 g/mol. The van der Waals surface area contributed by atoms with E-state index in [-0.39, 0.29) is 23.8 Å². The molecule has 3 atom stereocenters. The van der Waals surface area contributed by atoms with Crippen LogP contribution in [0.5, 0.6) is 0 Å². The number of rotatable bonds is 6. The standard InChI is InChI=1S/C20H23N5O3/c1-27-20(26)16-8-15(25-12-24-17-18(21)22-11-23-19(17)25)7-14(16)10-28-9-13-5-3-2-4-6-13/h2-6,11-12,14-16H,7-10H2,1H3,(H2,21,22,23)/t14-,15+,16+/m0/s1. The van der Waals surface area contributed by atoms with Gasteiger partial charge in [0, 0.05) is 6.04 Å². The van der Waals surface area contributed by atoms with Gasteiger partial charge in [0.25, 0.3) is 0 Å². The van der Waals surface area contributed by atoms with Crippen LogP contribution in [0.1, 0.15) is 24.4 Å². The van der Waals surface area contributed by atoms with Crippen molar-refractivity contribution in [2.45, 2.75) is 25.5 Å². The average molecular weight is 381 g/mol. The maximum Gasteiger partial charge on any atom is 0.309 e. The van der Waals surface area contributed by atoms with Crippen LogP contribution in [0.3, 0.4) is 0 Å². The van der Waals surface area contributed by atoms with Crippen molar-refractivity contribution in [3.05, 3.63) is 48.5 Å². The highest BCUT2D eigenvalue weighted by atomic mass is 16.5. The number of methoxy groups -OCH3 is 1. The molecule has 1 fully saturated rings. The molecular formula is C20H23N5O3. The van der Waals surface area contributed by atoms with Crippen LogP contribution in [-0.4, -0.2) is 39.2 Å². The molecule has 0 spiro atoms. The number of anilines is 1. The summed E-state index contributed by atoms with van der Waals surface area (Å²) in [5.74, 6) is 0.00332. The summed E-state index contributed by atoms with van der Waals surface area (Å²) in [4.78, 5) is 25.0. The minimum absolute atomic E-state index is 0.0674. The number of fused-ring (bicyclic) bond motifs is 1. The van der Waals surface area contributed by atoms with Gasteiger partial charge in [-0.05, 0) is 24.3 Å². The largest absolute Gasteiger partial charge is 0.469 e. The molecule has 2 aromatic heterocycles. The lowest BCUT2D eigenvalue weighted by Crippen LogP contribution is -2.23. The predicted molar refractivity (Wildman–Crippen MR) is 103 cm³/mol. The third-order valence-corrected chi connectivity index (χ3v) is 5.40. The molecule has 0 radical (unpaired) electrons. The maximum atomic E-state index is 12.3. The summed E-state index contributed by atoms with van der Waals surface area (Å²) in [6.07, 6.45) is 4.59. The number of benzene rings is 1. The molecule has 2 heterocycles. The van der Waals surface area contributed by atoms with Gasteiger partial charge in [-0.15, -0.1) is 0 Å². The van der Waals surface area contributed by atoms with Gasteiger partial charge in [-0.25, -0.2) is 15.0 Å². The molecule has 28 heavy (non-hydrogen) atoms. The van der Waals surface area contributed by atoms with Gasteiger partial charge < -0.3 is 19.8 Å². The summed E-state index contributed by atoms with van der Waals surface area (Å²) in [5, 5.41) is 0. The van der Waals surface area contributed by atoms with E-state index >= 15 is 0 Å². The highest BCUT2D eigenvalue weighted by Crippen LogP contribution is 2.41. The Labute approximate surface area is 162 Å². The summed E-state index contributed by atoms with van der Waals surface area (Å²) < 4.78 is 12.9. The van der Waals surface area contributed by atoms with Gasteiger partial charge in [0.05, 0.1) is 32.6 Å². The predicted octanol–water partition coefficient (Wildman–Crippen LogP) is 2.37. The van der Waals surface area contributed by atoms with Crippen LogP contribution in [0.15, 0.2) is 43.0 Å². The van der Waals surface area contributed by atoms with Crippen molar-refractivity contribution in [1.29, 1.82) is 0 Å². The second-order valence-corrected chi connectivity index (χ2v) is 7.10. The number of nitrogens with zero attached hydrogens (tertiary/aromatic N) is 4. The van der Waals surface area contributed by atoms with Crippen molar-refractivity contribution in [3.63, 3.8) is 0 Å². The Morgan fingerprint density at radius 2 is 2.04 bits per heavy atom. The van der Waals surface area contributed by atoms with Crippen LogP contribution in [-0.2, 0) is 20.9 Å². The minimum Gasteiger partial charge on any atom is -0.469 e. The normalized spacial score (nSPS) is 21.8. The molecule has 8 heteroatoms. The number of ether oxygens (including phenoxy) is 2. The van der Waals surface area contributed by atoms with Crippen molar-refractivity contribution < 1.29 is 14.3 Å². The number of carbonyl (C=O) groups is 1. The van der Waals surface area contributed by atoms with E-state index in [9.17, 15) is 4.79 Å².